The SMILES string of the molecule is CCn1c(=NC(=O)c2cc(Cl)cc(Cl)c2)sc2cccc(Cl)c21. The Morgan fingerprint density at radius 2 is 1.87 bits per heavy atom. The van der Waals surface area contributed by atoms with E-state index < -0.39 is 0 Å². The molecule has 0 aliphatic heterocycles. The van der Waals surface area contributed by atoms with Crippen molar-refractivity contribution < 1.29 is 4.79 Å². The summed E-state index contributed by atoms with van der Waals surface area (Å²) in [5, 5.41) is 1.44. The zero-order valence-corrected chi connectivity index (χ0v) is 15.1. The Balaban J connectivity index is 2.17. The van der Waals surface area contributed by atoms with Gasteiger partial charge in [-0.15, -0.1) is 0 Å². The molecule has 0 bridgehead atoms. The Morgan fingerprint density at radius 3 is 2.52 bits per heavy atom. The van der Waals surface area contributed by atoms with Crippen LogP contribution in [0.2, 0.25) is 15.1 Å². The van der Waals surface area contributed by atoms with Crippen LogP contribution in [0.25, 0.3) is 10.2 Å². The Labute approximate surface area is 151 Å². The molecule has 0 saturated carbocycles. The molecule has 0 atom stereocenters. The van der Waals surface area contributed by atoms with Crippen LogP contribution in [0.4, 0.5) is 0 Å². The lowest BCUT2D eigenvalue weighted by Crippen LogP contribution is -2.16. The third-order valence-electron chi connectivity index (χ3n) is 3.27. The first-order valence-corrected chi connectivity index (χ1v) is 8.77. The monoisotopic (exact) mass is 384 g/mol. The highest BCUT2D eigenvalue weighted by Gasteiger charge is 2.11. The number of amides is 1. The van der Waals surface area contributed by atoms with Crippen molar-refractivity contribution in [3.63, 3.8) is 0 Å². The van der Waals surface area contributed by atoms with Crippen LogP contribution in [-0.4, -0.2) is 10.5 Å². The van der Waals surface area contributed by atoms with Gasteiger partial charge in [-0.05, 0) is 37.3 Å². The maximum absolute atomic E-state index is 12.4. The molecule has 0 spiro atoms. The van der Waals surface area contributed by atoms with Gasteiger partial charge in [-0.25, -0.2) is 0 Å². The van der Waals surface area contributed by atoms with Crippen molar-refractivity contribution in [2.45, 2.75) is 13.5 Å². The summed E-state index contributed by atoms with van der Waals surface area (Å²) >= 11 is 19.6. The molecule has 3 rings (SSSR count). The van der Waals surface area contributed by atoms with Gasteiger partial charge in [0.15, 0.2) is 4.80 Å². The first-order chi connectivity index (χ1) is 11.0. The summed E-state index contributed by atoms with van der Waals surface area (Å²) in [5.41, 5.74) is 1.24. The highest BCUT2D eigenvalue weighted by Crippen LogP contribution is 2.25. The Kier molecular flexibility index (Phi) is 4.78. The summed E-state index contributed by atoms with van der Waals surface area (Å²) in [6.45, 7) is 2.64. The molecular weight excluding hydrogens is 375 g/mol. The largest absolute Gasteiger partial charge is 0.315 e. The average molecular weight is 386 g/mol. The van der Waals surface area contributed by atoms with E-state index in [4.69, 9.17) is 34.8 Å². The van der Waals surface area contributed by atoms with Gasteiger partial charge in [0, 0.05) is 22.2 Å². The number of rotatable bonds is 2. The number of para-hydroxylation sites is 1. The molecular formula is C16H11Cl3N2OS. The van der Waals surface area contributed by atoms with E-state index in [0.29, 0.717) is 32.0 Å². The minimum absolute atomic E-state index is 0.355. The maximum atomic E-state index is 12.4. The van der Waals surface area contributed by atoms with Crippen LogP contribution in [0.1, 0.15) is 17.3 Å². The van der Waals surface area contributed by atoms with Gasteiger partial charge in [-0.2, -0.15) is 4.99 Å². The number of benzene rings is 2. The van der Waals surface area contributed by atoms with Crippen LogP contribution in [0.15, 0.2) is 41.4 Å². The number of hydrogen-bond acceptors (Lipinski definition) is 2. The number of hydrogen-bond donors (Lipinski definition) is 0. The molecule has 118 valence electrons. The lowest BCUT2D eigenvalue weighted by atomic mass is 10.2. The fraction of sp³-hybridized carbons (Fsp3) is 0.125. The maximum Gasteiger partial charge on any atom is 0.279 e. The molecule has 1 heterocycles. The van der Waals surface area contributed by atoms with E-state index in [-0.39, 0.29) is 5.91 Å². The normalized spacial score (nSPS) is 12.1. The summed E-state index contributed by atoms with van der Waals surface area (Å²) in [4.78, 5) is 17.2. The van der Waals surface area contributed by atoms with E-state index in [1.54, 1.807) is 18.2 Å². The number of nitrogens with zero attached hydrogens (tertiary/aromatic N) is 2. The summed E-state index contributed by atoms with van der Waals surface area (Å²) < 4.78 is 2.90. The number of aromatic nitrogens is 1. The fourth-order valence-corrected chi connectivity index (χ4v) is 4.27. The molecule has 0 saturated heterocycles. The molecule has 2 aromatic carbocycles. The predicted molar refractivity (Wildman–Crippen MR) is 96.9 cm³/mol. The summed E-state index contributed by atoms with van der Waals surface area (Å²) in [6.07, 6.45) is 0. The van der Waals surface area contributed by atoms with E-state index >= 15 is 0 Å². The van der Waals surface area contributed by atoms with Gasteiger partial charge in [0.05, 0.1) is 15.2 Å². The number of aryl methyl sites for hydroxylation is 1. The Bertz CT molecular complexity index is 955. The Morgan fingerprint density at radius 1 is 1.17 bits per heavy atom. The average Bonchev–Trinajstić information content (AvgIpc) is 2.84. The quantitative estimate of drug-likeness (QED) is 0.579. The van der Waals surface area contributed by atoms with Crippen LogP contribution >= 0.6 is 46.1 Å². The highest BCUT2D eigenvalue weighted by molar-refractivity contribution is 7.16. The van der Waals surface area contributed by atoms with Crippen LogP contribution in [-0.2, 0) is 6.54 Å². The summed E-state index contributed by atoms with van der Waals surface area (Å²) in [6, 6.07) is 10.3. The van der Waals surface area contributed by atoms with Crippen molar-refractivity contribution in [2.75, 3.05) is 0 Å². The van der Waals surface area contributed by atoms with Crippen molar-refractivity contribution >= 4 is 62.3 Å². The standard InChI is InChI=1S/C16H11Cl3N2OS/c1-2-21-14-12(19)4-3-5-13(14)23-16(21)20-15(22)9-6-10(17)8-11(18)7-9/h3-8H,2H2,1H3. The fourth-order valence-electron chi connectivity index (χ4n) is 2.29. The van der Waals surface area contributed by atoms with E-state index in [1.807, 2.05) is 29.7 Å². The van der Waals surface area contributed by atoms with Crippen molar-refractivity contribution in [2.24, 2.45) is 4.99 Å². The lowest BCUT2D eigenvalue weighted by Gasteiger charge is -2.02. The van der Waals surface area contributed by atoms with Crippen LogP contribution in [0, 0.1) is 0 Å². The molecule has 0 fully saturated rings. The van der Waals surface area contributed by atoms with Crippen LogP contribution in [0.5, 0.6) is 0 Å². The minimum Gasteiger partial charge on any atom is -0.315 e. The summed E-state index contributed by atoms with van der Waals surface area (Å²) in [5.74, 6) is -0.390. The zero-order chi connectivity index (χ0) is 16.6. The summed E-state index contributed by atoms with van der Waals surface area (Å²) in [7, 11) is 0. The topological polar surface area (TPSA) is 34.4 Å². The second kappa shape index (κ2) is 6.65. The van der Waals surface area contributed by atoms with E-state index in [0.717, 1.165) is 10.2 Å². The molecule has 23 heavy (non-hydrogen) atoms. The van der Waals surface area contributed by atoms with Gasteiger partial charge in [0.2, 0.25) is 0 Å². The molecule has 3 nitrogen and oxygen atoms in total. The van der Waals surface area contributed by atoms with Gasteiger partial charge in [0.1, 0.15) is 0 Å². The van der Waals surface area contributed by atoms with Gasteiger partial charge < -0.3 is 4.57 Å². The first-order valence-electron chi connectivity index (χ1n) is 6.82. The second-order valence-corrected chi connectivity index (χ2v) is 7.08. The number of carbonyl (C=O) groups excluding carboxylic acids is 1. The van der Waals surface area contributed by atoms with Crippen molar-refractivity contribution in [1.82, 2.24) is 4.57 Å². The van der Waals surface area contributed by atoms with Crippen LogP contribution < -0.4 is 4.80 Å². The van der Waals surface area contributed by atoms with E-state index in [1.165, 1.54) is 11.3 Å². The van der Waals surface area contributed by atoms with Gasteiger partial charge in [0.25, 0.3) is 5.91 Å². The molecule has 1 amide bonds. The lowest BCUT2D eigenvalue weighted by molar-refractivity contribution is 0.0998. The minimum atomic E-state index is -0.390. The van der Waals surface area contributed by atoms with Gasteiger partial charge >= 0.3 is 0 Å². The number of thiazole rings is 1. The third kappa shape index (κ3) is 3.31. The third-order valence-corrected chi connectivity index (χ3v) is 5.06. The Hall–Kier alpha value is -1.33. The van der Waals surface area contributed by atoms with Gasteiger partial charge in [-0.1, -0.05) is 52.2 Å². The van der Waals surface area contributed by atoms with Crippen molar-refractivity contribution in [1.29, 1.82) is 0 Å². The second-order valence-electron chi connectivity index (χ2n) is 4.79. The number of fused-ring (bicyclic) bond motifs is 1. The highest BCUT2D eigenvalue weighted by atomic mass is 35.5. The van der Waals surface area contributed by atoms with Crippen LogP contribution in [0.3, 0.4) is 0 Å². The van der Waals surface area contributed by atoms with Crippen molar-refractivity contribution in [3.8, 4) is 0 Å². The molecule has 0 aliphatic carbocycles. The molecule has 3 aromatic rings. The van der Waals surface area contributed by atoms with Gasteiger partial charge in [-0.3, -0.25) is 4.79 Å². The molecule has 0 unspecified atom stereocenters. The molecule has 0 N–H and O–H groups in total. The van der Waals surface area contributed by atoms with E-state index in [9.17, 15) is 4.79 Å². The smallest absolute Gasteiger partial charge is 0.279 e. The van der Waals surface area contributed by atoms with E-state index in [2.05, 4.69) is 4.99 Å². The molecule has 0 aliphatic rings. The molecule has 7 heteroatoms. The van der Waals surface area contributed by atoms with Crippen molar-refractivity contribution in [3.05, 3.63) is 61.8 Å². The molecule has 1 aromatic heterocycles. The number of halogens is 3. The number of carbonyl (C=O) groups is 1. The zero-order valence-electron chi connectivity index (χ0n) is 12.0. The molecule has 0 radical (unpaired) electrons. The first kappa shape index (κ1) is 16.5. The predicted octanol–water partition coefficient (Wildman–Crippen LogP) is 5.42.